The smallest absolute Gasteiger partial charge is 0.241 e. The number of carbonyl (C=O) groups is 1. The quantitative estimate of drug-likeness (QED) is 0.777. The summed E-state index contributed by atoms with van der Waals surface area (Å²) < 4.78 is 0. The van der Waals surface area contributed by atoms with Crippen LogP contribution in [0.4, 0.5) is 11.4 Å². The maximum absolute atomic E-state index is 11.6. The molecule has 0 bridgehead atoms. The SMILES string of the molecule is CCN(CC(=O)N(C)C)c1cccc(N)c1. The van der Waals surface area contributed by atoms with Crippen molar-refractivity contribution in [3.05, 3.63) is 24.3 Å². The van der Waals surface area contributed by atoms with Crippen molar-refractivity contribution < 1.29 is 4.79 Å². The molecule has 0 aliphatic carbocycles. The van der Waals surface area contributed by atoms with Crippen LogP contribution < -0.4 is 10.6 Å². The summed E-state index contributed by atoms with van der Waals surface area (Å²) in [6.07, 6.45) is 0. The molecule has 0 unspecified atom stereocenters. The van der Waals surface area contributed by atoms with Gasteiger partial charge in [-0.3, -0.25) is 4.79 Å². The normalized spacial score (nSPS) is 9.94. The van der Waals surface area contributed by atoms with Crippen LogP contribution in [-0.4, -0.2) is 38.0 Å². The van der Waals surface area contributed by atoms with Crippen molar-refractivity contribution >= 4 is 17.3 Å². The molecule has 0 heterocycles. The lowest BCUT2D eigenvalue weighted by Crippen LogP contribution is -2.36. The average Bonchev–Trinajstić information content (AvgIpc) is 2.25. The second-order valence-electron chi connectivity index (χ2n) is 3.90. The minimum atomic E-state index is 0.0873. The molecule has 0 saturated heterocycles. The number of nitrogens with zero attached hydrogens (tertiary/aromatic N) is 2. The summed E-state index contributed by atoms with van der Waals surface area (Å²) in [5, 5.41) is 0. The Hall–Kier alpha value is -1.71. The number of likely N-dealkylation sites (N-methyl/N-ethyl adjacent to an activating group) is 2. The van der Waals surface area contributed by atoms with Gasteiger partial charge in [0.25, 0.3) is 0 Å². The maximum Gasteiger partial charge on any atom is 0.241 e. The van der Waals surface area contributed by atoms with Crippen molar-refractivity contribution in [2.24, 2.45) is 0 Å². The zero-order valence-corrected chi connectivity index (χ0v) is 10.1. The van der Waals surface area contributed by atoms with E-state index in [1.807, 2.05) is 36.1 Å². The highest BCUT2D eigenvalue weighted by Crippen LogP contribution is 2.17. The molecule has 1 amide bonds. The van der Waals surface area contributed by atoms with E-state index >= 15 is 0 Å². The van der Waals surface area contributed by atoms with E-state index in [1.165, 1.54) is 0 Å². The summed E-state index contributed by atoms with van der Waals surface area (Å²) in [7, 11) is 3.52. The highest BCUT2D eigenvalue weighted by atomic mass is 16.2. The zero-order chi connectivity index (χ0) is 12.1. The van der Waals surface area contributed by atoms with Crippen molar-refractivity contribution in [2.75, 3.05) is 37.8 Å². The van der Waals surface area contributed by atoms with Crippen LogP contribution in [0.2, 0.25) is 0 Å². The molecule has 4 nitrogen and oxygen atoms in total. The van der Waals surface area contributed by atoms with Gasteiger partial charge in [-0.25, -0.2) is 0 Å². The summed E-state index contributed by atoms with van der Waals surface area (Å²) in [6, 6.07) is 7.58. The minimum absolute atomic E-state index is 0.0873. The van der Waals surface area contributed by atoms with Crippen LogP contribution in [0.25, 0.3) is 0 Å². The number of anilines is 2. The predicted octanol–water partition coefficient (Wildman–Crippen LogP) is 1.18. The number of carbonyl (C=O) groups excluding carboxylic acids is 1. The number of hydrogen-bond acceptors (Lipinski definition) is 3. The van der Waals surface area contributed by atoms with Crippen molar-refractivity contribution in [1.29, 1.82) is 0 Å². The van der Waals surface area contributed by atoms with Crippen LogP contribution in [0.3, 0.4) is 0 Å². The zero-order valence-electron chi connectivity index (χ0n) is 10.1. The van der Waals surface area contributed by atoms with Gasteiger partial charge >= 0.3 is 0 Å². The van der Waals surface area contributed by atoms with E-state index < -0.39 is 0 Å². The van der Waals surface area contributed by atoms with Gasteiger partial charge in [0.15, 0.2) is 0 Å². The first kappa shape index (κ1) is 12.4. The molecule has 1 aromatic rings. The summed E-state index contributed by atoms with van der Waals surface area (Å²) >= 11 is 0. The predicted molar refractivity (Wildman–Crippen MR) is 67.4 cm³/mol. The highest BCUT2D eigenvalue weighted by Gasteiger charge is 2.11. The molecule has 88 valence electrons. The first-order valence-corrected chi connectivity index (χ1v) is 5.35. The van der Waals surface area contributed by atoms with Crippen LogP contribution >= 0.6 is 0 Å². The van der Waals surface area contributed by atoms with Gasteiger partial charge in [0.2, 0.25) is 5.91 Å². The van der Waals surface area contributed by atoms with Crippen LogP contribution in [0.5, 0.6) is 0 Å². The lowest BCUT2D eigenvalue weighted by atomic mass is 10.2. The summed E-state index contributed by atoms with van der Waals surface area (Å²) in [5.74, 6) is 0.0873. The van der Waals surface area contributed by atoms with E-state index in [9.17, 15) is 4.79 Å². The molecule has 4 heteroatoms. The second-order valence-corrected chi connectivity index (χ2v) is 3.90. The van der Waals surface area contributed by atoms with Gasteiger partial charge in [-0.2, -0.15) is 0 Å². The number of nitrogen functional groups attached to an aromatic ring is 1. The van der Waals surface area contributed by atoms with Crippen molar-refractivity contribution in [3.63, 3.8) is 0 Å². The molecular weight excluding hydrogens is 202 g/mol. The molecule has 0 aliphatic rings. The number of amides is 1. The Morgan fingerprint density at radius 1 is 1.38 bits per heavy atom. The molecule has 2 N–H and O–H groups in total. The summed E-state index contributed by atoms with van der Waals surface area (Å²) in [6.45, 7) is 3.18. The molecule has 0 fully saturated rings. The summed E-state index contributed by atoms with van der Waals surface area (Å²) in [4.78, 5) is 15.2. The fourth-order valence-electron chi connectivity index (χ4n) is 1.41. The van der Waals surface area contributed by atoms with Gasteiger partial charge in [0.1, 0.15) is 0 Å². The van der Waals surface area contributed by atoms with Gasteiger partial charge in [0, 0.05) is 32.0 Å². The fourth-order valence-corrected chi connectivity index (χ4v) is 1.41. The van der Waals surface area contributed by atoms with E-state index in [0.717, 1.165) is 12.2 Å². The molecule has 0 atom stereocenters. The Labute approximate surface area is 96.6 Å². The van der Waals surface area contributed by atoms with Crippen molar-refractivity contribution in [3.8, 4) is 0 Å². The molecule has 0 saturated carbocycles. The molecule has 0 aromatic heterocycles. The van der Waals surface area contributed by atoms with Crippen molar-refractivity contribution in [2.45, 2.75) is 6.92 Å². The second kappa shape index (κ2) is 5.39. The monoisotopic (exact) mass is 221 g/mol. The molecule has 0 aliphatic heterocycles. The van der Waals surface area contributed by atoms with E-state index in [2.05, 4.69) is 0 Å². The van der Waals surface area contributed by atoms with Gasteiger partial charge in [-0.05, 0) is 25.1 Å². The number of rotatable bonds is 4. The first-order chi connectivity index (χ1) is 7.54. The molecule has 0 spiro atoms. The number of hydrogen-bond donors (Lipinski definition) is 1. The van der Waals surface area contributed by atoms with Crippen LogP contribution in [0, 0.1) is 0 Å². The summed E-state index contributed by atoms with van der Waals surface area (Å²) in [5.41, 5.74) is 7.42. The van der Waals surface area contributed by atoms with Gasteiger partial charge in [-0.15, -0.1) is 0 Å². The lowest BCUT2D eigenvalue weighted by molar-refractivity contribution is -0.127. The topological polar surface area (TPSA) is 49.6 Å². The van der Waals surface area contributed by atoms with E-state index in [0.29, 0.717) is 12.2 Å². The lowest BCUT2D eigenvalue weighted by Gasteiger charge is -2.24. The van der Waals surface area contributed by atoms with Gasteiger partial charge in [-0.1, -0.05) is 6.07 Å². The Bertz CT molecular complexity index is 363. The average molecular weight is 221 g/mol. The third-order valence-electron chi connectivity index (χ3n) is 2.44. The fraction of sp³-hybridized carbons (Fsp3) is 0.417. The highest BCUT2D eigenvalue weighted by molar-refractivity contribution is 5.81. The van der Waals surface area contributed by atoms with Gasteiger partial charge in [0.05, 0.1) is 6.54 Å². The number of benzene rings is 1. The van der Waals surface area contributed by atoms with Crippen LogP contribution in [0.1, 0.15) is 6.92 Å². The van der Waals surface area contributed by atoms with E-state index in [-0.39, 0.29) is 5.91 Å². The third kappa shape index (κ3) is 3.15. The number of nitrogens with two attached hydrogens (primary N) is 1. The standard InChI is InChI=1S/C12H19N3O/c1-4-15(9-12(16)14(2)3)11-7-5-6-10(13)8-11/h5-8H,4,9,13H2,1-3H3. The molecule has 1 rings (SSSR count). The molecule has 0 radical (unpaired) electrons. The Morgan fingerprint density at radius 3 is 2.56 bits per heavy atom. The Morgan fingerprint density at radius 2 is 2.06 bits per heavy atom. The minimum Gasteiger partial charge on any atom is -0.399 e. The molecular formula is C12H19N3O. The molecule has 1 aromatic carbocycles. The van der Waals surface area contributed by atoms with Gasteiger partial charge < -0.3 is 15.5 Å². The van der Waals surface area contributed by atoms with Crippen molar-refractivity contribution in [1.82, 2.24) is 4.90 Å². The maximum atomic E-state index is 11.6. The first-order valence-electron chi connectivity index (χ1n) is 5.35. The largest absolute Gasteiger partial charge is 0.399 e. The van der Waals surface area contributed by atoms with E-state index in [4.69, 9.17) is 5.73 Å². The van der Waals surface area contributed by atoms with Crippen LogP contribution in [-0.2, 0) is 4.79 Å². The Balaban J connectivity index is 2.78. The Kier molecular flexibility index (Phi) is 4.17. The third-order valence-corrected chi connectivity index (χ3v) is 2.44. The van der Waals surface area contributed by atoms with E-state index in [1.54, 1.807) is 19.0 Å². The molecule has 16 heavy (non-hydrogen) atoms. The van der Waals surface area contributed by atoms with Crippen LogP contribution in [0.15, 0.2) is 24.3 Å².